The number of hydrogen-bond donors (Lipinski definition) is 4. The Bertz CT molecular complexity index is 543. The molecule has 3 aliphatic heterocycles. The Labute approximate surface area is 162 Å². The molecule has 27 heavy (non-hydrogen) atoms. The fourth-order valence-electron chi connectivity index (χ4n) is 4.91. The van der Waals surface area contributed by atoms with E-state index >= 15 is 0 Å². The predicted molar refractivity (Wildman–Crippen MR) is 101 cm³/mol. The van der Waals surface area contributed by atoms with Crippen molar-refractivity contribution in [1.29, 1.82) is 0 Å². The van der Waals surface area contributed by atoms with Crippen molar-refractivity contribution in [2.45, 2.75) is 70.6 Å². The first-order valence-electron chi connectivity index (χ1n) is 10.4. The molecule has 0 aliphatic carbocycles. The third kappa shape index (κ3) is 4.29. The molecule has 8 heteroatoms. The van der Waals surface area contributed by atoms with Crippen molar-refractivity contribution >= 4 is 11.8 Å². The van der Waals surface area contributed by atoms with Crippen molar-refractivity contribution < 1.29 is 19.2 Å². The summed E-state index contributed by atoms with van der Waals surface area (Å²) in [6.07, 6.45) is 4.54. The van der Waals surface area contributed by atoms with Gasteiger partial charge in [-0.1, -0.05) is 0 Å². The topological polar surface area (TPSA) is 101 Å². The molecule has 6 unspecified atom stereocenters. The highest BCUT2D eigenvalue weighted by Crippen LogP contribution is 2.29. The number of rotatable bonds is 6. The Morgan fingerprint density at radius 3 is 2.93 bits per heavy atom. The fraction of sp³-hybridized carbons (Fsp3) is 0.895. The number of fused-ring (bicyclic) bond motifs is 2. The standard InChI is InChI=1S/C19H35N5O3/c1-12(2)27-10-6-9-24-16(20)13(18(25)21-3)11-14-17(24)22-15-7-4-5-8-23(15)19(14)26/h12-17,22H,4-11,20H2,1-3H3,(H,21,25)/p+1. The lowest BCUT2D eigenvalue weighted by Crippen LogP contribution is -3.26. The van der Waals surface area contributed by atoms with Gasteiger partial charge in [0.25, 0.3) is 0 Å². The summed E-state index contributed by atoms with van der Waals surface area (Å²) in [6, 6.07) is 0. The van der Waals surface area contributed by atoms with E-state index in [4.69, 9.17) is 10.5 Å². The molecular formula is C19H36N5O3+. The summed E-state index contributed by atoms with van der Waals surface area (Å²) in [5, 5.41) is 6.44. The zero-order chi connectivity index (χ0) is 19.6. The second-order valence-corrected chi connectivity index (χ2v) is 8.37. The van der Waals surface area contributed by atoms with Crippen LogP contribution >= 0.6 is 0 Å². The number of hydrogen-bond acceptors (Lipinski definition) is 5. The summed E-state index contributed by atoms with van der Waals surface area (Å²) in [4.78, 5) is 28.7. The van der Waals surface area contributed by atoms with Crippen molar-refractivity contribution in [3.63, 3.8) is 0 Å². The van der Waals surface area contributed by atoms with Crippen LogP contribution in [0.15, 0.2) is 0 Å². The van der Waals surface area contributed by atoms with Gasteiger partial charge in [-0.3, -0.25) is 15.3 Å². The molecule has 3 fully saturated rings. The third-order valence-electron chi connectivity index (χ3n) is 6.29. The van der Waals surface area contributed by atoms with Gasteiger partial charge >= 0.3 is 0 Å². The molecular weight excluding hydrogens is 346 g/mol. The van der Waals surface area contributed by atoms with Crippen LogP contribution in [0.1, 0.15) is 46.0 Å². The Morgan fingerprint density at radius 2 is 2.22 bits per heavy atom. The summed E-state index contributed by atoms with van der Waals surface area (Å²) in [7, 11) is 1.64. The lowest BCUT2D eigenvalue weighted by atomic mass is 9.80. The van der Waals surface area contributed by atoms with Gasteiger partial charge in [-0.05, 0) is 39.5 Å². The lowest BCUT2D eigenvalue weighted by Gasteiger charge is -2.52. The summed E-state index contributed by atoms with van der Waals surface area (Å²) in [5.74, 6) is -0.405. The number of carbonyl (C=O) groups is 2. The monoisotopic (exact) mass is 382 g/mol. The highest BCUT2D eigenvalue weighted by Gasteiger charge is 2.54. The average Bonchev–Trinajstić information content (AvgIpc) is 2.66. The molecule has 2 amide bonds. The Kier molecular flexibility index (Phi) is 6.73. The molecule has 6 atom stereocenters. The van der Waals surface area contributed by atoms with Gasteiger partial charge in [-0.25, -0.2) is 5.32 Å². The first kappa shape index (κ1) is 20.5. The van der Waals surface area contributed by atoms with E-state index in [1.807, 2.05) is 18.7 Å². The van der Waals surface area contributed by atoms with Crippen molar-refractivity contribution in [2.75, 3.05) is 26.7 Å². The van der Waals surface area contributed by atoms with Gasteiger partial charge in [0.2, 0.25) is 11.8 Å². The normalized spacial score (nSPS) is 36.3. The van der Waals surface area contributed by atoms with Crippen LogP contribution in [0.4, 0.5) is 0 Å². The second-order valence-electron chi connectivity index (χ2n) is 8.37. The molecule has 0 spiro atoms. The SMILES string of the molecule is CNC(=O)C1CC2C(=O)N3CCCCC3NC2[NH+](CCCOC(C)C)C1N. The van der Waals surface area contributed by atoms with Crippen LogP contribution in [-0.2, 0) is 14.3 Å². The van der Waals surface area contributed by atoms with E-state index in [-0.39, 0.29) is 48.3 Å². The number of carbonyl (C=O) groups excluding carboxylic acids is 2. The van der Waals surface area contributed by atoms with Crippen LogP contribution in [0, 0.1) is 11.8 Å². The Balaban J connectivity index is 1.77. The molecule has 0 aromatic heterocycles. The molecule has 5 N–H and O–H groups in total. The average molecular weight is 383 g/mol. The maximum atomic E-state index is 13.2. The van der Waals surface area contributed by atoms with E-state index in [0.717, 1.165) is 43.7 Å². The van der Waals surface area contributed by atoms with Gasteiger partial charge in [-0.15, -0.1) is 0 Å². The smallest absolute Gasteiger partial charge is 0.234 e. The summed E-state index contributed by atoms with van der Waals surface area (Å²) in [6.45, 7) is 6.31. The minimum absolute atomic E-state index is 0.0215. The largest absolute Gasteiger partial charge is 0.379 e. The van der Waals surface area contributed by atoms with Crippen LogP contribution in [0.5, 0.6) is 0 Å². The Hall–Kier alpha value is -1.22. The first-order chi connectivity index (χ1) is 12.9. The molecule has 3 aliphatic rings. The Morgan fingerprint density at radius 1 is 1.44 bits per heavy atom. The van der Waals surface area contributed by atoms with Crippen LogP contribution in [0.25, 0.3) is 0 Å². The molecule has 8 nitrogen and oxygen atoms in total. The summed E-state index contributed by atoms with van der Waals surface area (Å²) in [5.41, 5.74) is 6.56. The highest BCUT2D eigenvalue weighted by molar-refractivity contribution is 5.83. The van der Waals surface area contributed by atoms with E-state index in [0.29, 0.717) is 13.0 Å². The number of ether oxygens (including phenoxy) is 1. The lowest BCUT2D eigenvalue weighted by molar-refractivity contribution is -0.965. The minimum Gasteiger partial charge on any atom is -0.379 e. The number of nitrogens with two attached hydrogens (primary N) is 1. The van der Waals surface area contributed by atoms with Crippen LogP contribution in [0.3, 0.4) is 0 Å². The van der Waals surface area contributed by atoms with Crippen LogP contribution < -0.4 is 21.3 Å². The molecule has 154 valence electrons. The number of likely N-dealkylation sites (tertiary alicyclic amines) is 1. The fourth-order valence-corrected chi connectivity index (χ4v) is 4.91. The van der Waals surface area contributed by atoms with Gasteiger partial charge < -0.3 is 19.9 Å². The molecule has 0 aromatic rings. The number of amides is 2. The first-order valence-corrected chi connectivity index (χ1v) is 10.4. The molecule has 0 bridgehead atoms. The van der Waals surface area contributed by atoms with Gasteiger partial charge in [0.15, 0.2) is 12.3 Å². The number of nitrogens with one attached hydrogen (secondary N) is 3. The van der Waals surface area contributed by atoms with Crippen molar-refractivity contribution in [1.82, 2.24) is 15.5 Å². The molecule has 3 rings (SSSR count). The minimum atomic E-state index is -0.343. The van der Waals surface area contributed by atoms with Gasteiger partial charge in [0.1, 0.15) is 11.8 Å². The third-order valence-corrected chi connectivity index (χ3v) is 6.29. The van der Waals surface area contributed by atoms with Crippen molar-refractivity contribution in [3.8, 4) is 0 Å². The van der Waals surface area contributed by atoms with Crippen LogP contribution in [0.2, 0.25) is 0 Å². The van der Waals surface area contributed by atoms with E-state index in [9.17, 15) is 9.59 Å². The molecule has 0 aromatic carbocycles. The maximum Gasteiger partial charge on any atom is 0.234 e. The van der Waals surface area contributed by atoms with Crippen molar-refractivity contribution in [3.05, 3.63) is 0 Å². The molecule has 0 saturated carbocycles. The van der Waals surface area contributed by atoms with E-state index in [1.165, 1.54) is 0 Å². The maximum absolute atomic E-state index is 13.2. The summed E-state index contributed by atoms with van der Waals surface area (Å²) >= 11 is 0. The summed E-state index contributed by atoms with van der Waals surface area (Å²) < 4.78 is 5.68. The highest BCUT2D eigenvalue weighted by atomic mass is 16.5. The molecule has 3 heterocycles. The number of quaternary nitrogens is 1. The van der Waals surface area contributed by atoms with E-state index < -0.39 is 0 Å². The number of piperidine rings is 2. The van der Waals surface area contributed by atoms with Gasteiger partial charge in [0, 0.05) is 20.0 Å². The second kappa shape index (κ2) is 8.86. The van der Waals surface area contributed by atoms with Crippen LogP contribution in [-0.4, -0.2) is 68.1 Å². The molecule has 0 radical (unpaired) electrons. The quantitative estimate of drug-likeness (QED) is 0.424. The predicted octanol–water partition coefficient (Wildman–Crippen LogP) is -1.38. The number of nitrogens with zero attached hydrogens (tertiary/aromatic N) is 1. The zero-order valence-electron chi connectivity index (χ0n) is 16.9. The van der Waals surface area contributed by atoms with E-state index in [1.54, 1.807) is 7.05 Å². The zero-order valence-corrected chi connectivity index (χ0v) is 16.9. The van der Waals surface area contributed by atoms with Crippen molar-refractivity contribution in [2.24, 2.45) is 17.6 Å². The van der Waals surface area contributed by atoms with E-state index in [2.05, 4.69) is 10.6 Å². The van der Waals surface area contributed by atoms with Gasteiger partial charge in [-0.2, -0.15) is 0 Å². The van der Waals surface area contributed by atoms with Gasteiger partial charge in [0.05, 0.1) is 25.4 Å². The molecule has 3 saturated heterocycles.